The number of carbonyl (C=O) groups is 2. The van der Waals surface area contributed by atoms with E-state index >= 15 is 0 Å². The minimum atomic E-state index is -0.686. The Balaban J connectivity index is 2.07. The number of fused-ring (bicyclic) bond motifs is 1. The molecule has 0 unspecified atom stereocenters. The van der Waals surface area contributed by atoms with Gasteiger partial charge in [-0.05, 0) is 45.8 Å². The van der Waals surface area contributed by atoms with Crippen LogP contribution in [0.4, 0.5) is 10.1 Å². The van der Waals surface area contributed by atoms with E-state index in [9.17, 15) is 14.0 Å². The van der Waals surface area contributed by atoms with E-state index in [-0.39, 0.29) is 12.1 Å². The van der Waals surface area contributed by atoms with Crippen molar-refractivity contribution in [3.8, 4) is 0 Å². The van der Waals surface area contributed by atoms with Gasteiger partial charge in [-0.25, -0.2) is 4.39 Å². The van der Waals surface area contributed by atoms with Gasteiger partial charge in [-0.1, -0.05) is 0 Å². The number of pyridine rings is 1. The van der Waals surface area contributed by atoms with Crippen molar-refractivity contribution in [2.75, 3.05) is 4.90 Å². The molecule has 0 atom stereocenters. The molecular formula is C14H8BrFN2O2. The third-order valence-corrected chi connectivity index (χ3v) is 3.68. The summed E-state index contributed by atoms with van der Waals surface area (Å²) in [5.41, 5.74) is 1.35. The van der Waals surface area contributed by atoms with Crippen molar-refractivity contribution in [2.45, 2.75) is 6.54 Å². The molecule has 1 aliphatic rings. The van der Waals surface area contributed by atoms with E-state index in [1.54, 1.807) is 24.5 Å². The molecule has 1 aromatic heterocycles. The lowest BCUT2D eigenvalue weighted by Gasteiger charge is -2.17. The molecule has 0 saturated heterocycles. The molecular weight excluding hydrogens is 327 g/mol. The predicted octanol–water partition coefficient (Wildman–Crippen LogP) is 2.71. The SMILES string of the molecule is O=C1C(=O)N(Cc2ccncc2)c2c(Br)cc(F)cc21. The number of halogens is 2. The van der Waals surface area contributed by atoms with Gasteiger partial charge in [0.1, 0.15) is 5.82 Å². The number of anilines is 1. The van der Waals surface area contributed by atoms with E-state index in [0.29, 0.717) is 10.2 Å². The molecule has 0 N–H and O–H groups in total. The van der Waals surface area contributed by atoms with Gasteiger partial charge in [-0.2, -0.15) is 0 Å². The highest BCUT2D eigenvalue weighted by molar-refractivity contribution is 9.10. The normalized spacial score (nSPS) is 13.8. The fraction of sp³-hybridized carbons (Fsp3) is 0.0714. The van der Waals surface area contributed by atoms with E-state index < -0.39 is 17.5 Å². The highest BCUT2D eigenvalue weighted by atomic mass is 79.9. The van der Waals surface area contributed by atoms with Gasteiger partial charge in [0.15, 0.2) is 0 Å². The van der Waals surface area contributed by atoms with Crippen molar-refractivity contribution in [3.05, 3.63) is 58.1 Å². The van der Waals surface area contributed by atoms with Gasteiger partial charge in [0.2, 0.25) is 0 Å². The smallest absolute Gasteiger partial charge is 0.299 e. The van der Waals surface area contributed by atoms with Crippen LogP contribution >= 0.6 is 15.9 Å². The van der Waals surface area contributed by atoms with E-state index in [2.05, 4.69) is 20.9 Å². The summed E-state index contributed by atoms with van der Waals surface area (Å²) in [4.78, 5) is 29.2. The Morgan fingerprint density at radius 1 is 1.20 bits per heavy atom. The molecule has 20 heavy (non-hydrogen) atoms. The maximum atomic E-state index is 13.4. The molecule has 100 valence electrons. The standard InChI is InChI=1S/C14H8BrFN2O2/c15-11-6-9(16)5-10-12(11)18(14(20)13(10)19)7-8-1-3-17-4-2-8/h1-6H,7H2. The van der Waals surface area contributed by atoms with Crippen LogP contribution in [0.5, 0.6) is 0 Å². The van der Waals surface area contributed by atoms with Crippen LogP contribution in [-0.4, -0.2) is 16.7 Å². The van der Waals surface area contributed by atoms with Gasteiger partial charge in [0.05, 0.1) is 17.8 Å². The fourth-order valence-electron chi connectivity index (χ4n) is 2.17. The van der Waals surface area contributed by atoms with Crippen molar-refractivity contribution in [1.82, 2.24) is 4.98 Å². The highest BCUT2D eigenvalue weighted by Gasteiger charge is 2.37. The Bertz CT molecular complexity index is 719. The number of carbonyl (C=O) groups excluding carboxylic acids is 2. The topological polar surface area (TPSA) is 50.3 Å². The van der Waals surface area contributed by atoms with Gasteiger partial charge in [-0.3, -0.25) is 19.5 Å². The van der Waals surface area contributed by atoms with Crippen LogP contribution in [0.15, 0.2) is 41.1 Å². The Kier molecular flexibility index (Phi) is 3.10. The molecule has 2 heterocycles. The van der Waals surface area contributed by atoms with Crippen molar-refractivity contribution < 1.29 is 14.0 Å². The molecule has 6 heteroatoms. The predicted molar refractivity (Wildman–Crippen MR) is 73.9 cm³/mol. The zero-order valence-electron chi connectivity index (χ0n) is 10.1. The highest BCUT2D eigenvalue weighted by Crippen LogP contribution is 2.37. The van der Waals surface area contributed by atoms with Gasteiger partial charge >= 0.3 is 0 Å². The summed E-state index contributed by atoms with van der Waals surface area (Å²) in [7, 11) is 0. The third kappa shape index (κ3) is 2.02. The molecule has 0 spiro atoms. The molecule has 0 aliphatic carbocycles. The first kappa shape index (κ1) is 12.9. The first-order valence-electron chi connectivity index (χ1n) is 5.82. The summed E-state index contributed by atoms with van der Waals surface area (Å²) in [5, 5.41) is 0. The lowest BCUT2D eigenvalue weighted by molar-refractivity contribution is -0.114. The van der Waals surface area contributed by atoms with Gasteiger partial charge in [0, 0.05) is 16.9 Å². The van der Waals surface area contributed by atoms with Gasteiger partial charge in [-0.15, -0.1) is 0 Å². The molecule has 1 amide bonds. The van der Waals surface area contributed by atoms with Crippen LogP contribution in [0.3, 0.4) is 0 Å². The second-order valence-electron chi connectivity index (χ2n) is 4.36. The van der Waals surface area contributed by atoms with Crippen molar-refractivity contribution in [2.24, 2.45) is 0 Å². The Morgan fingerprint density at radius 2 is 1.90 bits per heavy atom. The lowest BCUT2D eigenvalue weighted by Crippen LogP contribution is -2.29. The Hall–Kier alpha value is -2.08. The molecule has 0 radical (unpaired) electrons. The van der Waals surface area contributed by atoms with Crippen LogP contribution in [0, 0.1) is 5.82 Å². The number of aromatic nitrogens is 1. The minimum Gasteiger partial charge on any atom is -0.299 e. The monoisotopic (exact) mass is 334 g/mol. The van der Waals surface area contributed by atoms with Gasteiger partial charge < -0.3 is 0 Å². The van der Waals surface area contributed by atoms with E-state index in [4.69, 9.17) is 0 Å². The minimum absolute atomic E-state index is 0.0935. The van der Waals surface area contributed by atoms with E-state index in [0.717, 1.165) is 11.6 Å². The first-order chi connectivity index (χ1) is 9.58. The third-order valence-electron chi connectivity index (χ3n) is 3.07. The Labute approximate surface area is 122 Å². The second kappa shape index (κ2) is 4.79. The van der Waals surface area contributed by atoms with Crippen LogP contribution in [-0.2, 0) is 11.3 Å². The van der Waals surface area contributed by atoms with Crippen LogP contribution < -0.4 is 4.90 Å². The zero-order chi connectivity index (χ0) is 14.3. The second-order valence-corrected chi connectivity index (χ2v) is 5.21. The molecule has 0 saturated carbocycles. The molecule has 3 rings (SSSR count). The largest absolute Gasteiger partial charge is 0.299 e. The first-order valence-corrected chi connectivity index (χ1v) is 6.61. The molecule has 1 aromatic carbocycles. The average molecular weight is 335 g/mol. The summed E-state index contributed by atoms with van der Waals surface area (Å²) in [5.74, 6) is -1.89. The molecule has 2 aromatic rings. The number of benzene rings is 1. The van der Waals surface area contributed by atoms with Crippen LogP contribution in [0.1, 0.15) is 15.9 Å². The summed E-state index contributed by atoms with van der Waals surface area (Å²) in [6.07, 6.45) is 3.22. The average Bonchev–Trinajstić information content (AvgIpc) is 2.65. The molecule has 0 bridgehead atoms. The Morgan fingerprint density at radius 3 is 2.60 bits per heavy atom. The number of amides is 1. The van der Waals surface area contributed by atoms with Gasteiger partial charge in [0.25, 0.3) is 11.7 Å². The number of rotatable bonds is 2. The van der Waals surface area contributed by atoms with E-state index in [1.165, 1.54) is 11.0 Å². The molecule has 0 fully saturated rings. The number of ketones is 1. The summed E-state index contributed by atoms with van der Waals surface area (Å²) < 4.78 is 13.7. The summed E-state index contributed by atoms with van der Waals surface area (Å²) in [6.45, 7) is 0.240. The van der Waals surface area contributed by atoms with Crippen molar-refractivity contribution >= 4 is 33.3 Å². The lowest BCUT2D eigenvalue weighted by atomic mass is 10.1. The summed E-state index contributed by atoms with van der Waals surface area (Å²) in [6, 6.07) is 5.84. The number of nitrogens with zero attached hydrogens (tertiary/aromatic N) is 2. The number of Topliss-reactive ketones (excluding diaryl/α,β-unsaturated/α-hetero) is 1. The van der Waals surface area contributed by atoms with Crippen molar-refractivity contribution in [3.63, 3.8) is 0 Å². The summed E-state index contributed by atoms with van der Waals surface area (Å²) >= 11 is 3.21. The fourth-order valence-corrected chi connectivity index (χ4v) is 2.82. The number of hydrogen-bond acceptors (Lipinski definition) is 3. The molecule has 1 aliphatic heterocycles. The van der Waals surface area contributed by atoms with Crippen LogP contribution in [0.2, 0.25) is 0 Å². The number of hydrogen-bond donors (Lipinski definition) is 0. The maximum absolute atomic E-state index is 13.4. The maximum Gasteiger partial charge on any atom is 0.299 e. The van der Waals surface area contributed by atoms with E-state index in [1.807, 2.05) is 0 Å². The van der Waals surface area contributed by atoms with Crippen LogP contribution in [0.25, 0.3) is 0 Å². The quantitative estimate of drug-likeness (QED) is 0.793. The molecule has 4 nitrogen and oxygen atoms in total. The van der Waals surface area contributed by atoms with Crippen molar-refractivity contribution in [1.29, 1.82) is 0 Å². The zero-order valence-corrected chi connectivity index (χ0v) is 11.7.